The van der Waals surface area contributed by atoms with Crippen LogP contribution in [0.4, 0.5) is 0 Å². The van der Waals surface area contributed by atoms with Crippen molar-refractivity contribution in [1.29, 1.82) is 5.26 Å². The first-order chi connectivity index (χ1) is 9.13. The molecule has 104 valence electrons. The highest BCUT2D eigenvalue weighted by Crippen LogP contribution is 2.15. The van der Waals surface area contributed by atoms with Crippen molar-refractivity contribution in [1.82, 2.24) is 5.32 Å². The first kappa shape index (κ1) is 15.5. The van der Waals surface area contributed by atoms with E-state index in [2.05, 4.69) is 5.32 Å². The standard InChI is InChI=1S/C15H22N2O2/c1-3-15(18,4-2)12-17-11-13-6-5-7-14(10-13)19-9-8-16/h5-7,10,17-18H,3-4,9,11-12H2,1-2H3. The van der Waals surface area contributed by atoms with Gasteiger partial charge in [0.2, 0.25) is 0 Å². The Labute approximate surface area is 115 Å². The van der Waals surface area contributed by atoms with Gasteiger partial charge in [0.05, 0.1) is 5.60 Å². The molecule has 0 aliphatic carbocycles. The Morgan fingerprint density at radius 1 is 1.37 bits per heavy atom. The topological polar surface area (TPSA) is 65.3 Å². The van der Waals surface area contributed by atoms with Crippen molar-refractivity contribution in [3.05, 3.63) is 29.8 Å². The normalized spacial score (nSPS) is 11.1. The molecule has 0 amide bonds. The summed E-state index contributed by atoms with van der Waals surface area (Å²) in [6, 6.07) is 9.56. The third-order valence-corrected chi connectivity index (χ3v) is 3.30. The summed E-state index contributed by atoms with van der Waals surface area (Å²) in [6.45, 7) is 5.28. The molecule has 4 nitrogen and oxygen atoms in total. The van der Waals surface area contributed by atoms with Crippen LogP contribution in [0.2, 0.25) is 0 Å². The van der Waals surface area contributed by atoms with E-state index >= 15 is 0 Å². The number of rotatable bonds is 8. The van der Waals surface area contributed by atoms with E-state index in [-0.39, 0.29) is 6.61 Å². The van der Waals surface area contributed by atoms with Crippen LogP contribution in [0, 0.1) is 11.3 Å². The molecule has 1 rings (SSSR count). The molecular formula is C15H22N2O2. The SMILES string of the molecule is CCC(O)(CC)CNCc1cccc(OCC#N)c1. The number of hydrogen-bond donors (Lipinski definition) is 2. The number of nitriles is 1. The number of hydrogen-bond acceptors (Lipinski definition) is 4. The van der Waals surface area contributed by atoms with Gasteiger partial charge in [-0.05, 0) is 30.5 Å². The highest BCUT2D eigenvalue weighted by atomic mass is 16.5. The average Bonchev–Trinajstić information content (AvgIpc) is 2.45. The Morgan fingerprint density at radius 3 is 2.74 bits per heavy atom. The van der Waals surface area contributed by atoms with Crippen molar-refractivity contribution in [3.8, 4) is 11.8 Å². The monoisotopic (exact) mass is 262 g/mol. The Balaban J connectivity index is 2.47. The fourth-order valence-electron chi connectivity index (χ4n) is 1.80. The van der Waals surface area contributed by atoms with E-state index in [4.69, 9.17) is 10.00 Å². The zero-order valence-electron chi connectivity index (χ0n) is 11.6. The van der Waals surface area contributed by atoms with Crippen LogP contribution in [0.3, 0.4) is 0 Å². The number of nitrogens with one attached hydrogen (secondary N) is 1. The second-order valence-electron chi connectivity index (χ2n) is 4.63. The second-order valence-corrected chi connectivity index (χ2v) is 4.63. The molecule has 0 radical (unpaired) electrons. The van der Waals surface area contributed by atoms with Crippen molar-refractivity contribution in [2.45, 2.75) is 38.8 Å². The van der Waals surface area contributed by atoms with Crippen molar-refractivity contribution >= 4 is 0 Å². The molecule has 0 aliphatic rings. The molecule has 0 spiro atoms. The summed E-state index contributed by atoms with van der Waals surface area (Å²) in [7, 11) is 0. The number of ether oxygens (including phenoxy) is 1. The maximum atomic E-state index is 10.2. The highest BCUT2D eigenvalue weighted by molar-refractivity contribution is 5.28. The summed E-state index contributed by atoms with van der Waals surface area (Å²) >= 11 is 0. The molecule has 2 N–H and O–H groups in total. The largest absolute Gasteiger partial charge is 0.479 e. The van der Waals surface area contributed by atoms with Gasteiger partial charge in [0, 0.05) is 13.1 Å². The van der Waals surface area contributed by atoms with E-state index in [1.54, 1.807) is 0 Å². The van der Waals surface area contributed by atoms with Gasteiger partial charge < -0.3 is 15.2 Å². The summed E-state index contributed by atoms with van der Waals surface area (Å²) in [5.41, 5.74) is 0.444. The summed E-state index contributed by atoms with van der Waals surface area (Å²) in [4.78, 5) is 0. The van der Waals surface area contributed by atoms with Crippen LogP contribution in [-0.2, 0) is 6.54 Å². The minimum atomic E-state index is -0.630. The molecule has 0 bridgehead atoms. The molecule has 0 aliphatic heterocycles. The first-order valence-corrected chi connectivity index (χ1v) is 6.65. The van der Waals surface area contributed by atoms with E-state index in [1.165, 1.54) is 0 Å². The van der Waals surface area contributed by atoms with Gasteiger partial charge in [-0.3, -0.25) is 0 Å². The first-order valence-electron chi connectivity index (χ1n) is 6.65. The van der Waals surface area contributed by atoms with Crippen LogP contribution >= 0.6 is 0 Å². The van der Waals surface area contributed by atoms with Gasteiger partial charge in [0.25, 0.3) is 0 Å². The van der Waals surface area contributed by atoms with Crippen molar-refractivity contribution in [2.75, 3.05) is 13.2 Å². The van der Waals surface area contributed by atoms with E-state index in [0.29, 0.717) is 18.8 Å². The lowest BCUT2D eigenvalue weighted by molar-refractivity contribution is 0.0323. The summed E-state index contributed by atoms with van der Waals surface area (Å²) in [5, 5.41) is 21.9. The smallest absolute Gasteiger partial charge is 0.174 e. The molecule has 0 saturated carbocycles. The highest BCUT2D eigenvalue weighted by Gasteiger charge is 2.20. The molecule has 0 atom stereocenters. The van der Waals surface area contributed by atoms with E-state index in [1.807, 2.05) is 44.2 Å². The Kier molecular flexibility index (Phi) is 6.34. The van der Waals surface area contributed by atoms with Crippen molar-refractivity contribution < 1.29 is 9.84 Å². The van der Waals surface area contributed by atoms with Crippen LogP contribution in [0.25, 0.3) is 0 Å². The Morgan fingerprint density at radius 2 is 2.11 bits per heavy atom. The van der Waals surface area contributed by atoms with Gasteiger partial charge in [0.15, 0.2) is 6.61 Å². The quantitative estimate of drug-likeness (QED) is 0.754. The van der Waals surface area contributed by atoms with Gasteiger partial charge in [-0.1, -0.05) is 26.0 Å². The Bertz CT molecular complexity index is 422. The van der Waals surface area contributed by atoms with Crippen LogP contribution < -0.4 is 10.1 Å². The second kappa shape index (κ2) is 7.78. The lowest BCUT2D eigenvalue weighted by atomic mass is 9.97. The van der Waals surface area contributed by atoms with Crippen LogP contribution in [0.15, 0.2) is 24.3 Å². The van der Waals surface area contributed by atoms with Gasteiger partial charge in [-0.15, -0.1) is 0 Å². The number of benzene rings is 1. The predicted molar refractivity (Wildman–Crippen MR) is 74.8 cm³/mol. The molecule has 1 aromatic carbocycles. The minimum Gasteiger partial charge on any atom is -0.479 e. The minimum absolute atomic E-state index is 0.0578. The number of nitrogens with zero attached hydrogens (tertiary/aromatic N) is 1. The van der Waals surface area contributed by atoms with Crippen LogP contribution in [0.1, 0.15) is 32.3 Å². The third-order valence-electron chi connectivity index (χ3n) is 3.30. The summed E-state index contributed by atoms with van der Waals surface area (Å²) < 4.78 is 5.25. The van der Waals surface area contributed by atoms with Crippen LogP contribution in [0.5, 0.6) is 5.75 Å². The molecule has 0 aromatic heterocycles. The lowest BCUT2D eigenvalue weighted by Gasteiger charge is -2.25. The lowest BCUT2D eigenvalue weighted by Crippen LogP contribution is -2.39. The van der Waals surface area contributed by atoms with E-state index < -0.39 is 5.60 Å². The third kappa shape index (κ3) is 5.29. The number of aliphatic hydroxyl groups is 1. The maximum Gasteiger partial charge on any atom is 0.174 e. The van der Waals surface area contributed by atoms with Crippen molar-refractivity contribution in [3.63, 3.8) is 0 Å². The molecule has 19 heavy (non-hydrogen) atoms. The molecule has 0 saturated heterocycles. The average molecular weight is 262 g/mol. The summed E-state index contributed by atoms with van der Waals surface area (Å²) in [6.07, 6.45) is 1.48. The summed E-state index contributed by atoms with van der Waals surface area (Å²) in [5.74, 6) is 0.696. The molecule has 0 unspecified atom stereocenters. The zero-order chi connectivity index (χ0) is 14.1. The molecule has 0 heterocycles. The van der Waals surface area contributed by atoms with Gasteiger partial charge in [0.1, 0.15) is 11.8 Å². The van der Waals surface area contributed by atoms with E-state index in [9.17, 15) is 5.11 Å². The molecule has 1 aromatic rings. The van der Waals surface area contributed by atoms with Crippen molar-refractivity contribution in [2.24, 2.45) is 0 Å². The molecule has 0 fully saturated rings. The molecule has 4 heteroatoms. The van der Waals surface area contributed by atoms with Crippen LogP contribution in [-0.4, -0.2) is 23.9 Å². The van der Waals surface area contributed by atoms with E-state index in [0.717, 1.165) is 18.4 Å². The molecular weight excluding hydrogens is 240 g/mol. The van der Waals surface area contributed by atoms with Gasteiger partial charge in [-0.2, -0.15) is 5.26 Å². The zero-order valence-corrected chi connectivity index (χ0v) is 11.6. The fraction of sp³-hybridized carbons (Fsp3) is 0.533. The maximum absolute atomic E-state index is 10.2. The van der Waals surface area contributed by atoms with Gasteiger partial charge in [-0.25, -0.2) is 0 Å². The predicted octanol–water partition coefficient (Wildman–Crippen LogP) is 2.23. The van der Waals surface area contributed by atoms with Gasteiger partial charge >= 0.3 is 0 Å². The fourth-order valence-corrected chi connectivity index (χ4v) is 1.80. The Hall–Kier alpha value is -1.57.